The Morgan fingerprint density at radius 1 is 1.46 bits per heavy atom. The van der Waals surface area contributed by atoms with E-state index in [0.29, 0.717) is 28.3 Å². The van der Waals surface area contributed by atoms with E-state index in [-0.39, 0.29) is 0 Å². The van der Waals surface area contributed by atoms with Crippen LogP contribution in [0.1, 0.15) is 30.5 Å². The highest BCUT2D eigenvalue weighted by Crippen LogP contribution is 2.43. The topological polar surface area (TPSA) is 77.7 Å². The third-order valence-electron chi connectivity index (χ3n) is 3.44. The van der Waals surface area contributed by atoms with Gasteiger partial charge in [0.25, 0.3) is 0 Å². The Kier molecular flexibility index (Phi) is 4.64. The van der Waals surface area contributed by atoms with E-state index in [1.807, 2.05) is 24.0 Å². The van der Waals surface area contributed by atoms with E-state index in [9.17, 15) is 4.79 Å². The Labute approximate surface area is 148 Å². The number of carbonyl (C=O) groups excluding carboxylic acids is 1. The number of nitrogens with two attached hydrogens (primary N) is 1. The number of thiophene rings is 1. The molecule has 6 nitrogen and oxygen atoms in total. The molecule has 24 heavy (non-hydrogen) atoms. The minimum absolute atomic E-state index is 0.380. The number of aromatic nitrogens is 1. The molecule has 0 radical (unpaired) electrons. The molecular weight excluding hydrogens is 350 g/mol. The summed E-state index contributed by atoms with van der Waals surface area (Å²) in [6.45, 7) is 3.90. The number of carbonyl (C=O) groups is 1. The van der Waals surface area contributed by atoms with Crippen LogP contribution in [0.25, 0.3) is 5.76 Å². The summed E-state index contributed by atoms with van der Waals surface area (Å²) in [5, 5.41) is 0. The van der Waals surface area contributed by atoms with Crippen molar-refractivity contribution in [3.8, 4) is 0 Å². The van der Waals surface area contributed by atoms with Gasteiger partial charge >= 0.3 is 5.97 Å². The zero-order valence-electron chi connectivity index (χ0n) is 13.2. The number of nitrogen functional groups attached to an aromatic ring is 1. The molecule has 8 heteroatoms. The van der Waals surface area contributed by atoms with E-state index >= 15 is 0 Å². The summed E-state index contributed by atoms with van der Waals surface area (Å²) in [5.74, 6) is 0.887. The van der Waals surface area contributed by atoms with E-state index in [0.717, 1.165) is 10.4 Å². The van der Waals surface area contributed by atoms with Crippen LogP contribution in [0.4, 0.5) is 5.82 Å². The standard InChI is InChI=1S/C16H16ClN3O3S/c1-3-20-15(10-4-7-13(18)19-8-10)23-14(16(20)22-9(2)21)11-5-6-12(17)24-11/h4-8,15H,3H2,1-2H3,(H2,18,19). The zero-order valence-corrected chi connectivity index (χ0v) is 14.7. The first-order valence-electron chi connectivity index (χ1n) is 7.32. The van der Waals surface area contributed by atoms with E-state index in [4.69, 9.17) is 26.8 Å². The monoisotopic (exact) mass is 365 g/mol. The maximum atomic E-state index is 11.5. The number of anilines is 1. The van der Waals surface area contributed by atoms with E-state index in [2.05, 4.69) is 4.98 Å². The Bertz CT molecular complexity index is 788. The van der Waals surface area contributed by atoms with Crippen LogP contribution in [0.5, 0.6) is 0 Å². The first-order chi connectivity index (χ1) is 11.5. The molecule has 0 saturated carbocycles. The van der Waals surface area contributed by atoms with Gasteiger partial charge in [0, 0.05) is 25.2 Å². The van der Waals surface area contributed by atoms with Gasteiger partial charge in [0.15, 0.2) is 5.76 Å². The molecule has 3 rings (SSSR count). The van der Waals surface area contributed by atoms with Crippen molar-refractivity contribution in [2.45, 2.75) is 20.1 Å². The lowest BCUT2D eigenvalue weighted by Crippen LogP contribution is -2.26. The first kappa shape index (κ1) is 16.6. The predicted octanol–water partition coefficient (Wildman–Crippen LogP) is 3.62. The quantitative estimate of drug-likeness (QED) is 0.834. The molecule has 0 spiro atoms. The predicted molar refractivity (Wildman–Crippen MR) is 92.9 cm³/mol. The van der Waals surface area contributed by atoms with Gasteiger partial charge in [-0.2, -0.15) is 0 Å². The van der Waals surface area contributed by atoms with Gasteiger partial charge in [-0.25, -0.2) is 4.98 Å². The first-order valence-corrected chi connectivity index (χ1v) is 8.52. The second-order valence-electron chi connectivity index (χ2n) is 5.10. The molecule has 1 aliphatic rings. The third-order valence-corrected chi connectivity index (χ3v) is 4.67. The van der Waals surface area contributed by atoms with Gasteiger partial charge in [-0.05, 0) is 31.2 Å². The molecule has 2 N–H and O–H groups in total. The normalized spacial score (nSPS) is 17.1. The van der Waals surface area contributed by atoms with Gasteiger partial charge in [0.1, 0.15) is 5.82 Å². The van der Waals surface area contributed by atoms with Gasteiger partial charge < -0.3 is 20.1 Å². The highest BCUT2D eigenvalue weighted by Gasteiger charge is 2.37. The largest absolute Gasteiger partial charge is 0.459 e. The highest BCUT2D eigenvalue weighted by molar-refractivity contribution is 7.17. The zero-order chi connectivity index (χ0) is 17.3. The SMILES string of the molecule is CCN1C(OC(C)=O)=C(c2ccc(Cl)s2)OC1c1ccc(N)nc1. The van der Waals surface area contributed by atoms with Crippen LogP contribution in [0.2, 0.25) is 4.34 Å². The van der Waals surface area contributed by atoms with Gasteiger partial charge in [0.05, 0.1) is 9.21 Å². The van der Waals surface area contributed by atoms with Crippen LogP contribution in [0.3, 0.4) is 0 Å². The summed E-state index contributed by atoms with van der Waals surface area (Å²) < 4.78 is 12.2. The van der Waals surface area contributed by atoms with Gasteiger partial charge in [0.2, 0.25) is 12.1 Å². The minimum atomic E-state index is -0.451. The molecule has 126 valence electrons. The van der Waals surface area contributed by atoms with Crippen molar-refractivity contribution in [3.63, 3.8) is 0 Å². The number of nitrogens with zero attached hydrogens (tertiary/aromatic N) is 2. The molecule has 2 aromatic rings. The number of halogens is 1. The molecule has 0 aromatic carbocycles. The molecule has 1 aliphatic heterocycles. The number of esters is 1. The minimum Gasteiger partial charge on any atom is -0.459 e. The molecule has 0 amide bonds. The summed E-state index contributed by atoms with van der Waals surface area (Å²) in [7, 11) is 0. The number of pyridine rings is 1. The molecule has 0 bridgehead atoms. The molecule has 0 aliphatic carbocycles. The van der Waals surface area contributed by atoms with Gasteiger partial charge in [-0.1, -0.05) is 11.6 Å². The second kappa shape index (κ2) is 6.70. The van der Waals surface area contributed by atoms with Crippen LogP contribution >= 0.6 is 22.9 Å². The molecule has 3 heterocycles. The number of ether oxygens (including phenoxy) is 2. The van der Waals surface area contributed by atoms with Crippen LogP contribution < -0.4 is 5.73 Å². The number of rotatable bonds is 4. The molecular formula is C16H16ClN3O3S. The van der Waals surface area contributed by atoms with Crippen molar-refractivity contribution in [1.82, 2.24) is 9.88 Å². The Morgan fingerprint density at radius 2 is 2.25 bits per heavy atom. The summed E-state index contributed by atoms with van der Waals surface area (Å²) in [6.07, 6.45) is 1.20. The van der Waals surface area contributed by atoms with Crippen molar-refractivity contribution in [3.05, 3.63) is 51.1 Å². The second-order valence-corrected chi connectivity index (χ2v) is 6.82. The molecule has 1 unspecified atom stereocenters. The van der Waals surface area contributed by atoms with Crippen LogP contribution in [0.15, 0.2) is 36.3 Å². The number of hydrogen-bond acceptors (Lipinski definition) is 7. The molecule has 0 saturated heterocycles. The fraction of sp³-hybridized carbons (Fsp3) is 0.250. The smallest absolute Gasteiger partial charge is 0.309 e. The van der Waals surface area contributed by atoms with Crippen molar-refractivity contribution in [2.24, 2.45) is 0 Å². The van der Waals surface area contributed by atoms with Gasteiger partial charge in [-0.15, -0.1) is 11.3 Å². The lowest BCUT2D eigenvalue weighted by molar-refractivity contribution is -0.139. The summed E-state index contributed by atoms with van der Waals surface area (Å²) in [6, 6.07) is 7.16. The fourth-order valence-electron chi connectivity index (χ4n) is 2.42. The van der Waals surface area contributed by atoms with E-state index in [1.165, 1.54) is 18.3 Å². The van der Waals surface area contributed by atoms with E-state index < -0.39 is 12.2 Å². The maximum absolute atomic E-state index is 11.5. The Morgan fingerprint density at radius 3 is 2.79 bits per heavy atom. The van der Waals surface area contributed by atoms with Gasteiger partial charge in [-0.3, -0.25) is 4.79 Å². The average Bonchev–Trinajstić information content (AvgIpc) is 3.11. The van der Waals surface area contributed by atoms with Crippen LogP contribution in [-0.4, -0.2) is 22.4 Å². The van der Waals surface area contributed by atoms with E-state index in [1.54, 1.807) is 18.3 Å². The Balaban J connectivity index is 2.02. The molecule has 2 aromatic heterocycles. The van der Waals surface area contributed by atoms with Crippen LogP contribution in [-0.2, 0) is 14.3 Å². The lowest BCUT2D eigenvalue weighted by Gasteiger charge is -2.24. The summed E-state index contributed by atoms with van der Waals surface area (Å²) in [5.41, 5.74) is 6.46. The summed E-state index contributed by atoms with van der Waals surface area (Å²) >= 11 is 7.39. The van der Waals surface area contributed by atoms with Crippen molar-refractivity contribution < 1.29 is 14.3 Å². The summed E-state index contributed by atoms with van der Waals surface area (Å²) in [4.78, 5) is 18.3. The average molecular weight is 366 g/mol. The highest BCUT2D eigenvalue weighted by atomic mass is 35.5. The fourth-order valence-corrected chi connectivity index (χ4v) is 3.45. The van der Waals surface area contributed by atoms with Crippen molar-refractivity contribution in [1.29, 1.82) is 0 Å². The molecule has 1 atom stereocenters. The Hall–Kier alpha value is -2.25. The lowest BCUT2D eigenvalue weighted by atomic mass is 10.2. The maximum Gasteiger partial charge on any atom is 0.309 e. The van der Waals surface area contributed by atoms with Crippen molar-refractivity contribution >= 4 is 40.5 Å². The van der Waals surface area contributed by atoms with Crippen molar-refractivity contribution in [2.75, 3.05) is 12.3 Å². The van der Waals surface area contributed by atoms with Crippen LogP contribution in [0, 0.1) is 0 Å². The molecule has 0 fully saturated rings. The third kappa shape index (κ3) is 3.18. The number of hydrogen-bond donors (Lipinski definition) is 1.